The molecule has 0 unspecified atom stereocenters. The third-order valence-corrected chi connectivity index (χ3v) is 2.77. The van der Waals surface area contributed by atoms with Crippen LogP contribution in [0.25, 0.3) is 0 Å². The van der Waals surface area contributed by atoms with Crippen molar-refractivity contribution in [1.29, 1.82) is 0 Å². The van der Waals surface area contributed by atoms with Gasteiger partial charge in [0.05, 0.1) is 0 Å². The molecule has 1 rings (SSSR count). The Bertz CT molecular complexity index is 137. The first-order valence-corrected chi connectivity index (χ1v) is 5.07. The van der Waals surface area contributed by atoms with Crippen LogP contribution >= 0.6 is 0 Å². The number of amides is 1. The molecule has 0 radical (unpaired) electrons. The fourth-order valence-corrected chi connectivity index (χ4v) is 2.00. The molecule has 1 amide bonds. The van der Waals surface area contributed by atoms with Crippen LogP contribution in [-0.2, 0) is 4.79 Å². The van der Waals surface area contributed by atoms with Crippen LogP contribution in [0.1, 0.15) is 51.4 Å². The minimum atomic E-state index is -0.140. The van der Waals surface area contributed by atoms with Gasteiger partial charge >= 0.3 is 0 Å². The van der Waals surface area contributed by atoms with Gasteiger partial charge in [0.1, 0.15) is 0 Å². The van der Waals surface area contributed by atoms with E-state index in [0.717, 1.165) is 12.3 Å². The zero-order valence-corrected chi connectivity index (χ0v) is 7.72. The van der Waals surface area contributed by atoms with Gasteiger partial charge in [-0.25, -0.2) is 0 Å². The fraction of sp³-hybridized carbons (Fsp3) is 0.900. The highest BCUT2D eigenvalue weighted by atomic mass is 16.1. The topological polar surface area (TPSA) is 43.1 Å². The minimum absolute atomic E-state index is 0.140. The number of carbonyl (C=O) groups is 1. The Morgan fingerprint density at radius 3 is 2.25 bits per heavy atom. The zero-order valence-electron chi connectivity index (χ0n) is 7.72. The van der Waals surface area contributed by atoms with Crippen molar-refractivity contribution in [3.63, 3.8) is 0 Å². The summed E-state index contributed by atoms with van der Waals surface area (Å²) in [6, 6.07) is 0. The fourth-order valence-electron chi connectivity index (χ4n) is 2.00. The summed E-state index contributed by atoms with van der Waals surface area (Å²) in [6.07, 6.45) is 9.70. The van der Waals surface area contributed by atoms with E-state index in [-0.39, 0.29) is 5.91 Å². The molecule has 0 spiro atoms. The summed E-state index contributed by atoms with van der Waals surface area (Å²) < 4.78 is 0. The third-order valence-electron chi connectivity index (χ3n) is 2.77. The van der Waals surface area contributed by atoms with Gasteiger partial charge in [-0.15, -0.1) is 0 Å². The summed E-state index contributed by atoms with van der Waals surface area (Å²) >= 11 is 0. The molecule has 0 saturated heterocycles. The summed E-state index contributed by atoms with van der Waals surface area (Å²) in [6.45, 7) is 0. The molecule has 12 heavy (non-hydrogen) atoms. The predicted octanol–water partition coefficient (Wildman–Crippen LogP) is 2.22. The number of hydrogen-bond acceptors (Lipinski definition) is 1. The van der Waals surface area contributed by atoms with Gasteiger partial charge in [0.15, 0.2) is 0 Å². The standard InChI is InChI=1S/C10H19NO/c11-10(12)8-7-9-5-3-1-2-4-6-9/h9H,1-8H2,(H2,11,12). The summed E-state index contributed by atoms with van der Waals surface area (Å²) in [5.74, 6) is 0.638. The highest BCUT2D eigenvalue weighted by Crippen LogP contribution is 2.25. The highest BCUT2D eigenvalue weighted by molar-refractivity contribution is 5.73. The Balaban J connectivity index is 2.16. The monoisotopic (exact) mass is 169 g/mol. The molecular weight excluding hydrogens is 150 g/mol. The van der Waals surface area contributed by atoms with E-state index in [9.17, 15) is 4.79 Å². The normalized spacial score (nSPS) is 20.3. The number of nitrogens with two attached hydrogens (primary N) is 1. The Morgan fingerprint density at radius 2 is 1.75 bits per heavy atom. The van der Waals surface area contributed by atoms with E-state index in [1.54, 1.807) is 0 Å². The summed E-state index contributed by atoms with van der Waals surface area (Å²) in [4.78, 5) is 10.6. The maximum Gasteiger partial charge on any atom is 0.217 e. The Morgan fingerprint density at radius 1 is 1.17 bits per heavy atom. The molecule has 1 aliphatic rings. The molecule has 2 N–H and O–H groups in total. The molecule has 0 aromatic heterocycles. The van der Waals surface area contributed by atoms with Crippen molar-refractivity contribution in [2.45, 2.75) is 51.4 Å². The van der Waals surface area contributed by atoms with Crippen molar-refractivity contribution >= 4 is 5.91 Å². The Hall–Kier alpha value is -0.530. The molecule has 0 aliphatic heterocycles. The first kappa shape index (κ1) is 9.56. The van der Waals surface area contributed by atoms with Gasteiger partial charge < -0.3 is 5.73 Å². The second kappa shape index (κ2) is 5.18. The van der Waals surface area contributed by atoms with Gasteiger partial charge in [0, 0.05) is 6.42 Å². The molecule has 1 fully saturated rings. The van der Waals surface area contributed by atoms with E-state index in [0.29, 0.717) is 6.42 Å². The van der Waals surface area contributed by atoms with Crippen LogP contribution in [0.2, 0.25) is 0 Å². The van der Waals surface area contributed by atoms with Gasteiger partial charge in [0.2, 0.25) is 5.91 Å². The van der Waals surface area contributed by atoms with Crippen molar-refractivity contribution in [2.24, 2.45) is 11.7 Å². The summed E-state index contributed by atoms with van der Waals surface area (Å²) in [5, 5.41) is 0. The van der Waals surface area contributed by atoms with E-state index in [1.165, 1.54) is 38.5 Å². The molecule has 70 valence electrons. The molecular formula is C10H19NO. The van der Waals surface area contributed by atoms with E-state index in [1.807, 2.05) is 0 Å². The van der Waals surface area contributed by atoms with Gasteiger partial charge in [-0.05, 0) is 12.3 Å². The second-order valence-corrected chi connectivity index (χ2v) is 3.86. The van der Waals surface area contributed by atoms with Crippen molar-refractivity contribution in [2.75, 3.05) is 0 Å². The van der Waals surface area contributed by atoms with Crippen LogP contribution < -0.4 is 5.73 Å². The number of hydrogen-bond donors (Lipinski definition) is 1. The lowest BCUT2D eigenvalue weighted by Crippen LogP contribution is -2.12. The Labute approximate surface area is 74.5 Å². The van der Waals surface area contributed by atoms with Crippen molar-refractivity contribution in [3.8, 4) is 0 Å². The van der Waals surface area contributed by atoms with Crippen molar-refractivity contribution in [3.05, 3.63) is 0 Å². The van der Waals surface area contributed by atoms with Crippen molar-refractivity contribution in [1.82, 2.24) is 0 Å². The van der Waals surface area contributed by atoms with Gasteiger partial charge in [-0.2, -0.15) is 0 Å². The van der Waals surface area contributed by atoms with Crippen LogP contribution in [0.15, 0.2) is 0 Å². The first-order chi connectivity index (χ1) is 5.79. The van der Waals surface area contributed by atoms with E-state index in [4.69, 9.17) is 5.73 Å². The number of rotatable bonds is 3. The van der Waals surface area contributed by atoms with Crippen LogP contribution in [0.5, 0.6) is 0 Å². The predicted molar refractivity (Wildman–Crippen MR) is 49.6 cm³/mol. The van der Waals surface area contributed by atoms with Crippen molar-refractivity contribution < 1.29 is 4.79 Å². The number of carbonyl (C=O) groups excluding carboxylic acids is 1. The maximum atomic E-state index is 10.6. The lowest BCUT2D eigenvalue weighted by atomic mass is 9.95. The third kappa shape index (κ3) is 3.74. The van der Waals surface area contributed by atoms with Gasteiger partial charge in [-0.3, -0.25) is 4.79 Å². The summed E-state index contributed by atoms with van der Waals surface area (Å²) in [7, 11) is 0. The minimum Gasteiger partial charge on any atom is -0.370 e. The van der Waals surface area contributed by atoms with Crippen LogP contribution in [0, 0.1) is 5.92 Å². The molecule has 0 heterocycles. The average Bonchev–Trinajstić information content (AvgIpc) is 2.28. The number of primary amides is 1. The lowest BCUT2D eigenvalue weighted by molar-refractivity contribution is -0.118. The molecule has 0 aromatic rings. The van der Waals surface area contributed by atoms with E-state index >= 15 is 0 Å². The SMILES string of the molecule is NC(=O)CCC1CCCCCC1. The molecule has 0 atom stereocenters. The van der Waals surface area contributed by atoms with Crippen LogP contribution in [-0.4, -0.2) is 5.91 Å². The van der Waals surface area contributed by atoms with E-state index < -0.39 is 0 Å². The maximum absolute atomic E-state index is 10.6. The quantitative estimate of drug-likeness (QED) is 0.647. The van der Waals surface area contributed by atoms with Crippen LogP contribution in [0.3, 0.4) is 0 Å². The lowest BCUT2D eigenvalue weighted by Gasteiger charge is -2.11. The molecule has 0 aromatic carbocycles. The smallest absolute Gasteiger partial charge is 0.217 e. The van der Waals surface area contributed by atoms with Gasteiger partial charge in [-0.1, -0.05) is 38.5 Å². The zero-order chi connectivity index (χ0) is 8.81. The Kier molecular flexibility index (Phi) is 4.12. The first-order valence-electron chi connectivity index (χ1n) is 5.07. The largest absolute Gasteiger partial charge is 0.370 e. The molecule has 2 heteroatoms. The molecule has 1 saturated carbocycles. The molecule has 1 aliphatic carbocycles. The van der Waals surface area contributed by atoms with E-state index in [2.05, 4.69) is 0 Å². The second-order valence-electron chi connectivity index (χ2n) is 3.86. The highest BCUT2D eigenvalue weighted by Gasteiger charge is 2.12. The molecule has 0 bridgehead atoms. The van der Waals surface area contributed by atoms with Crippen LogP contribution in [0.4, 0.5) is 0 Å². The average molecular weight is 169 g/mol. The van der Waals surface area contributed by atoms with Gasteiger partial charge in [0.25, 0.3) is 0 Å². The molecule has 2 nitrogen and oxygen atoms in total. The summed E-state index contributed by atoms with van der Waals surface area (Å²) in [5.41, 5.74) is 5.11.